The van der Waals surface area contributed by atoms with Gasteiger partial charge in [-0.1, -0.05) is 13.8 Å². The van der Waals surface area contributed by atoms with Crippen LogP contribution in [0.5, 0.6) is 17.2 Å². The number of thiophene rings is 1. The maximum Gasteiger partial charge on any atom is 0.295 e. The molecule has 1 N–H and O–H groups in total. The minimum atomic E-state index is -0.0371. The van der Waals surface area contributed by atoms with E-state index in [9.17, 15) is 0 Å². The maximum absolute atomic E-state index is 5.33. The number of rotatable bonds is 4. The van der Waals surface area contributed by atoms with Gasteiger partial charge in [-0.2, -0.15) is 14.3 Å². The zero-order valence-corrected chi connectivity index (χ0v) is 26.8. The SMILES string of the molecule is CC.COC1N(C)c2cccnc2N1C.COc1nc(C)ns1.COc1nc2cscc2[nH]1.COc1nccn1C. The Hall–Kier alpha value is -3.95. The molecule has 5 aromatic rings. The van der Waals surface area contributed by atoms with Gasteiger partial charge in [0.2, 0.25) is 6.35 Å². The average Bonchev–Trinajstić information content (AvgIpc) is 3.82. The molecule has 13 nitrogen and oxygen atoms in total. The number of aromatic amines is 1. The number of pyridine rings is 1. The smallest absolute Gasteiger partial charge is 0.295 e. The number of nitrogens with one attached hydrogen (secondary N) is 1. The molecule has 0 saturated heterocycles. The molecule has 0 bridgehead atoms. The van der Waals surface area contributed by atoms with Gasteiger partial charge in [-0.15, -0.1) is 11.3 Å². The minimum absolute atomic E-state index is 0.0371. The van der Waals surface area contributed by atoms with Gasteiger partial charge in [0.1, 0.15) is 11.3 Å². The number of nitrogens with zero attached hydrogens (tertiary/aromatic N) is 8. The molecule has 5 aromatic heterocycles. The molecule has 0 aromatic carbocycles. The lowest BCUT2D eigenvalue weighted by molar-refractivity contribution is 0.110. The molecule has 0 spiro atoms. The first-order valence-electron chi connectivity index (χ1n) is 12.6. The van der Waals surface area contributed by atoms with Crippen molar-refractivity contribution in [2.24, 2.45) is 7.05 Å². The van der Waals surface area contributed by atoms with Crippen molar-refractivity contribution in [1.82, 2.24) is 33.9 Å². The van der Waals surface area contributed by atoms with Crippen LogP contribution >= 0.6 is 22.9 Å². The first-order valence-corrected chi connectivity index (χ1v) is 14.3. The van der Waals surface area contributed by atoms with Crippen LogP contribution in [0.4, 0.5) is 11.5 Å². The number of H-pyrrole nitrogens is 1. The lowest BCUT2D eigenvalue weighted by Crippen LogP contribution is -2.40. The van der Waals surface area contributed by atoms with Crippen LogP contribution in [0.2, 0.25) is 0 Å². The van der Waals surface area contributed by atoms with E-state index in [1.165, 1.54) is 11.5 Å². The van der Waals surface area contributed by atoms with Crippen LogP contribution in [0.15, 0.2) is 41.5 Å². The Labute approximate surface area is 248 Å². The molecule has 15 heteroatoms. The van der Waals surface area contributed by atoms with Gasteiger partial charge in [-0.05, 0) is 19.1 Å². The summed E-state index contributed by atoms with van der Waals surface area (Å²) in [7, 11) is 12.3. The molecule has 6 heterocycles. The Morgan fingerprint density at radius 1 is 0.902 bits per heavy atom. The molecule has 1 atom stereocenters. The highest BCUT2D eigenvalue weighted by molar-refractivity contribution is 7.09. The Kier molecular flexibility index (Phi) is 13.8. The van der Waals surface area contributed by atoms with Crippen LogP contribution in [-0.2, 0) is 11.8 Å². The summed E-state index contributed by atoms with van der Waals surface area (Å²) in [6.07, 6.45) is 5.28. The van der Waals surface area contributed by atoms with Gasteiger partial charge in [0, 0.05) is 69.1 Å². The van der Waals surface area contributed by atoms with Crippen molar-refractivity contribution in [3.8, 4) is 17.2 Å². The number of imidazole rings is 2. The molecule has 224 valence electrons. The summed E-state index contributed by atoms with van der Waals surface area (Å²) < 4.78 is 25.5. The van der Waals surface area contributed by atoms with Gasteiger partial charge in [0.15, 0.2) is 5.82 Å². The van der Waals surface area contributed by atoms with E-state index in [2.05, 4.69) is 34.2 Å². The van der Waals surface area contributed by atoms with Crippen LogP contribution in [0.1, 0.15) is 19.7 Å². The second kappa shape index (κ2) is 17.0. The topological polar surface area (TPSA) is 129 Å². The van der Waals surface area contributed by atoms with Crippen molar-refractivity contribution in [1.29, 1.82) is 0 Å². The van der Waals surface area contributed by atoms with Crippen LogP contribution in [-0.4, -0.2) is 82.7 Å². The number of hydrogen-bond donors (Lipinski definition) is 1. The molecule has 6 rings (SSSR count). The highest BCUT2D eigenvalue weighted by Gasteiger charge is 2.31. The Morgan fingerprint density at radius 3 is 2.12 bits per heavy atom. The Balaban J connectivity index is 0.000000191. The number of aryl methyl sites for hydroxylation is 2. The highest BCUT2D eigenvalue weighted by Crippen LogP contribution is 2.35. The molecular weight excluding hydrogens is 566 g/mol. The number of methoxy groups -OCH3 is 4. The van der Waals surface area contributed by atoms with Gasteiger partial charge >= 0.3 is 0 Å². The van der Waals surface area contributed by atoms with E-state index in [1.807, 2.05) is 75.9 Å². The molecule has 1 unspecified atom stereocenters. The number of aromatic nitrogens is 7. The second-order valence-electron chi connectivity index (χ2n) is 7.88. The fourth-order valence-electron chi connectivity index (χ4n) is 3.46. The van der Waals surface area contributed by atoms with Gasteiger partial charge in [-0.3, -0.25) is 0 Å². The molecule has 0 aliphatic carbocycles. The molecule has 41 heavy (non-hydrogen) atoms. The lowest BCUT2D eigenvalue weighted by Gasteiger charge is -2.24. The highest BCUT2D eigenvalue weighted by atomic mass is 32.1. The summed E-state index contributed by atoms with van der Waals surface area (Å²) in [5, 5.41) is 4.61. The van der Waals surface area contributed by atoms with Crippen molar-refractivity contribution in [2.45, 2.75) is 27.1 Å². The van der Waals surface area contributed by atoms with E-state index < -0.39 is 0 Å². The summed E-state index contributed by atoms with van der Waals surface area (Å²) in [6.45, 7) is 5.83. The largest absolute Gasteiger partial charge is 0.472 e. The number of hydrogen-bond acceptors (Lipinski definition) is 13. The van der Waals surface area contributed by atoms with Gasteiger partial charge in [-0.25, -0.2) is 9.97 Å². The van der Waals surface area contributed by atoms with Crippen LogP contribution in [0.3, 0.4) is 0 Å². The van der Waals surface area contributed by atoms with Crippen LogP contribution < -0.4 is 24.0 Å². The second-order valence-corrected chi connectivity index (χ2v) is 9.34. The van der Waals surface area contributed by atoms with Crippen molar-refractivity contribution >= 4 is 45.4 Å². The fraction of sp³-hybridized carbons (Fsp3) is 0.423. The zero-order chi connectivity index (χ0) is 30.4. The third-order valence-corrected chi connectivity index (χ3v) is 6.80. The molecule has 0 amide bonds. The average molecular weight is 606 g/mol. The summed E-state index contributed by atoms with van der Waals surface area (Å²) in [6, 6.07) is 5.20. The predicted octanol–water partition coefficient (Wildman–Crippen LogP) is 4.84. The minimum Gasteiger partial charge on any atom is -0.472 e. The van der Waals surface area contributed by atoms with Crippen molar-refractivity contribution in [3.05, 3.63) is 47.3 Å². The molecule has 0 radical (unpaired) electrons. The number of anilines is 2. The van der Waals surface area contributed by atoms with Gasteiger partial charge in [0.25, 0.3) is 17.2 Å². The standard InChI is InChI=1S/C9H13N3O.C6H6N2OS.C5H8N2O.C4H6N2OS.C2H6/c1-11-7-5-4-6-10-8(7)12(2)9(11)13-3;1-9-6-7-4-2-10-3-5(4)8-6;1-7-4-3-6-5(7)8-2;1-3-5-4(7-2)8-6-3;1-2/h4-6,9H,1-3H3;2-3H,1H3,(H,7,8);3-4H,1-2H3;1-2H3;1-2H3. The van der Waals surface area contributed by atoms with E-state index in [0.29, 0.717) is 17.2 Å². The van der Waals surface area contributed by atoms with Crippen molar-refractivity contribution < 1.29 is 18.9 Å². The maximum atomic E-state index is 5.33. The molecular formula is C26H39N9O4S2. The van der Waals surface area contributed by atoms with E-state index in [1.54, 1.807) is 56.7 Å². The predicted molar refractivity (Wildman–Crippen MR) is 165 cm³/mol. The van der Waals surface area contributed by atoms with E-state index in [0.717, 1.165) is 28.4 Å². The van der Waals surface area contributed by atoms with Crippen molar-refractivity contribution in [3.63, 3.8) is 0 Å². The Morgan fingerprint density at radius 2 is 1.66 bits per heavy atom. The summed E-state index contributed by atoms with van der Waals surface area (Å²) in [5.41, 5.74) is 3.13. The van der Waals surface area contributed by atoms with Crippen molar-refractivity contribution in [2.75, 3.05) is 52.3 Å². The summed E-state index contributed by atoms with van der Waals surface area (Å²) in [4.78, 5) is 23.3. The third-order valence-electron chi connectivity index (χ3n) is 5.30. The van der Waals surface area contributed by atoms with Gasteiger partial charge in [0.05, 0.1) is 32.5 Å². The molecule has 1 aliphatic heterocycles. The molecule has 1 aliphatic rings. The molecule has 0 saturated carbocycles. The van der Waals surface area contributed by atoms with Crippen LogP contribution in [0.25, 0.3) is 11.0 Å². The summed E-state index contributed by atoms with van der Waals surface area (Å²) >= 11 is 2.90. The first-order chi connectivity index (χ1) is 19.8. The number of ether oxygens (including phenoxy) is 4. The Bertz CT molecular complexity index is 1360. The summed E-state index contributed by atoms with van der Waals surface area (Å²) in [5.74, 6) is 1.74. The van der Waals surface area contributed by atoms with E-state index >= 15 is 0 Å². The normalized spacial score (nSPS) is 12.9. The third kappa shape index (κ3) is 9.03. The zero-order valence-electron chi connectivity index (χ0n) is 25.1. The quantitative estimate of drug-likeness (QED) is 0.302. The number of fused-ring (bicyclic) bond motifs is 2. The fourth-order valence-corrected chi connectivity index (χ4v) is 4.66. The lowest BCUT2D eigenvalue weighted by atomic mass is 10.4. The van der Waals surface area contributed by atoms with E-state index in [4.69, 9.17) is 18.9 Å². The van der Waals surface area contributed by atoms with E-state index in [-0.39, 0.29) is 6.35 Å². The monoisotopic (exact) mass is 605 g/mol. The van der Waals surface area contributed by atoms with Gasteiger partial charge < -0.3 is 38.3 Å². The molecule has 0 fully saturated rings. The first kappa shape index (κ1) is 33.3. The van der Waals surface area contributed by atoms with Crippen LogP contribution in [0, 0.1) is 6.92 Å².